The minimum Gasteiger partial charge on any atom is -0.484 e. The lowest BCUT2D eigenvalue weighted by molar-refractivity contribution is 0.0178. The van der Waals surface area contributed by atoms with Crippen LogP contribution in [-0.2, 0) is 9.47 Å². The summed E-state index contributed by atoms with van der Waals surface area (Å²) in [5.74, 6) is 0.716. The summed E-state index contributed by atoms with van der Waals surface area (Å²) in [5.41, 5.74) is 0.563. The number of halogens is 1. The summed E-state index contributed by atoms with van der Waals surface area (Å²) in [6, 6.07) is 4.70. The van der Waals surface area contributed by atoms with E-state index in [1.165, 1.54) is 6.07 Å². The van der Waals surface area contributed by atoms with Crippen molar-refractivity contribution in [2.24, 2.45) is 16.8 Å². The average molecular weight is 437 g/mol. The molecule has 1 saturated heterocycles. The highest BCUT2D eigenvalue weighted by Gasteiger charge is 2.28. The lowest BCUT2D eigenvalue weighted by atomic mass is 9.88. The van der Waals surface area contributed by atoms with E-state index in [4.69, 9.17) is 9.47 Å². The molecule has 1 fully saturated rings. The van der Waals surface area contributed by atoms with Crippen molar-refractivity contribution in [3.8, 4) is 0 Å². The number of hydrogen-bond acceptors (Lipinski definition) is 5. The van der Waals surface area contributed by atoms with Crippen molar-refractivity contribution >= 4 is 30.3 Å². The van der Waals surface area contributed by atoms with Gasteiger partial charge in [0.15, 0.2) is 5.90 Å². The second-order valence-electron chi connectivity index (χ2n) is 8.81. The Morgan fingerprint density at radius 2 is 2.00 bits per heavy atom. The summed E-state index contributed by atoms with van der Waals surface area (Å²) < 4.78 is 24.7. The van der Waals surface area contributed by atoms with Gasteiger partial charge in [0.2, 0.25) is 0 Å². The van der Waals surface area contributed by atoms with Crippen molar-refractivity contribution in [3.05, 3.63) is 36.2 Å². The number of piperidine rings is 1. The Morgan fingerprint density at radius 3 is 2.53 bits per heavy atom. The number of methoxy groups -OCH3 is 1. The number of rotatable bonds is 5. The van der Waals surface area contributed by atoms with Crippen molar-refractivity contribution in [2.45, 2.75) is 57.5 Å². The average Bonchev–Trinajstić information content (AvgIpc) is 2.67. The first-order valence-corrected chi connectivity index (χ1v) is 10.7. The third-order valence-electron chi connectivity index (χ3n) is 5.11. The molecule has 0 N–H and O–H groups in total. The Hall–Kier alpha value is -2.02. The van der Waals surface area contributed by atoms with E-state index in [-0.39, 0.29) is 16.9 Å². The molecule has 0 aliphatic carbocycles. The SMILES string of the molecule is C=C(N=C(OC)C(C)CC1CCN(C(=O)OC(C)(C)C)CC1)c1ccc(S)c(F)c1. The summed E-state index contributed by atoms with van der Waals surface area (Å²) in [6.45, 7) is 13.0. The van der Waals surface area contributed by atoms with Crippen molar-refractivity contribution in [2.75, 3.05) is 20.2 Å². The zero-order chi connectivity index (χ0) is 22.5. The third kappa shape index (κ3) is 7.04. The molecule has 1 aromatic carbocycles. The fourth-order valence-electron chi connectivity index (χ4n) is 3.52. The van der Waals surface area contributed by atoms with Crippen molar-refractivity contribution < 1.29 is 18.7 Å². The molecule has 5 nitrogen and oxygen atoms in total. The Labute approximate surface area is 184 Å². The van der Waals surface area contributed by atoms with E-state index in [2.05, 4.69) is 31.1 Å². The fraction of sp³-hybridized carbons (Fsp3) is 0.565. The van der Waals surface area contributed by atoms with Crippen LogP contribution in [0.2, 0.25) is 0 Å². The Kier molecular flexibility index (Phi) is 8.35. The largest absolute Gasteiger partial charge is 0.484 e. The summed E-state index contributed by atoms with van der Waals surface area (Å²) >= 11 is 4.05. The number of ether oxygens (including phenoxy) is 2. The van der Waals surface area contributed by atoms with Gasteiger partial charge in [-0.15, -0.1) is 12.6 Å². The van der Waals surface area contributed by atoms with Crippen LogP contribution in [0.4, 0.5) is 9.18 Å². The van der Waals surface area contributed by atoms with Gasteiger partial charge in [-0.25, -0.2) is 14.2 Å². The number of likely N-dealkylation sites (tertiary alicyclic amines) is 1. The van der Waals surface area contributed by atoms with Crippen molar-refractivity contribution in [1.82, 2.24) is 4.90 Å². The molecule has 0 aromatic heterocycles. The highest BCUT2D eigenvalue weighted by atomic mass is 32.1. The van der Waals surface area contributed by atoms with Gasteiger partial charge >= 0.3 is 6.09 Å². The highest BCUT2D eigenvalue weighted by Crippen LogP contribution is 2.27. The molecule has 1 amide bonds. The number of benzene rings is 1. The number of amides is 1. The van der Waals surface area contributed by atoms with Crippen LogP contribution < -0.4 is 0 Å². The number of hydrogen-bond donors (Lipinski definition) is 1. The topological polar surface area (TPSA) is 51.1 Å². The molecule has 0 radical (unpaired) electrons. The van der Waals surface area contributed by atoms with E-state index in [9.17, 15) is 9.18 Å². The van der Waals surface area contributed by atoms with Crippen LogP contribution in [0, 0.1) is 17.7 Å². The molecule has 166 valence electrons. The van der Waals surface area contributed by atoms with E-state index in [1.807, 2.05) is 20.8 Å². The number of carbonyl (C=O) groups excluding carboxylic acids is 1. The van der Waals surface area contributed by atoms with Gasteiger partial charge in [0.1, 0.15) is 11.4 Å². The molecule has 2 rings (SSSR count). The van der Waals surface area contributed by atoms with Gasteiger partial charge in [-0.2, -0.15) is 0 Å². The molecule has 7 heteroatoms. The predicted molar refractivity (Wildman–Crippen MR) is 121 cm³/mol. The van der Waals surface area contributed by atoms with Gasteiger partial charge in [-0.3, -0.25) is 0 Å². The first-order valence-electron chi connectivity index (χ1n) is 10.3. The lowest BCUT2D eigenvalue weighted by Gasteiger charge is -2.34. The molecule has 1 heterocycles. The summed E-state index contributed by atoms with van der Waals surface area (Å²) in [5, 5.41) is 0. The molecule has 1 aliphatic rings. The molecule has 0 spiro atoms. The maximum Gasteiger partial charge on any atom is 0.410 e. The second kappa shape index (κ2) is 10.3. The molecule has 1 aliphatic heterocycles. The molecule has 0 bridgehead atoms. The molecule has 30 heavy (non-hydrogen) atoms. The van der Waals surface area contributed by atoms with Crippen LogP contribution in [0.25, 0.3) is 5.70 Å². The summed E-state index contributed by atoms with van der Waals surface area (Å²) in [7, 11) is 1.59. The Morgan fingerprint density at radius 1 is 1.37 bits per heavy atom. The normalized spacial score (nSPS) is 16.9. The first-order chi connectivity index (χ1) is 14.0. The zero-order valence-electron chi connectivity index (χ0n) is 18.6. The number of thiol groups is 1. The van der Waals surface area contributed by atoms with Gasteiger partial charge < -0.3 is 14.4 Å². The number of aliphatic imine (C=N–C) groups is 1. The second-order valence-corrected chi connectivity index (χ2v) is 9.30. The molecule has 1 unspecified atom stereocenters. The van der Waals surface area contributed by atoms with Crippen LogP contribution in [0.5, 0.6) is 0 Å². The predicted octanol–water partition coefficient (Wildman–Crippen LogP) is 5.80. The molecular formula is C23H33FN2O3S. The minimum absolute atomic E-state index is 0.0822. The third-order valence-corrected chi connectivity index (χ3v) is 5.47. The smallest absolute Gasteiger partial charge is 0.410 e. The summed E-state index contributed by atoms with van der Waals surface area (Å²) in [6.07, 6.45) is 2.47. The Balaban J connectivity index is 1.93. The van der Waals surface area contributed by atoms with Gasteiger partial charge in [-0.1, -0.05) is 19.6 Å². The molecular weight excluding hydrogens is 403 g/mol. The maximum atomic E-state index is 13.8. The minimum atomic E-state index is -0.481. The molecule has 0 saturated carbocycles. The van der Waals surface area contributed by atoms with Gasteiger partial charge in [0.25, 0.3) is 0 Å². The van der Waals surface area contributed by atoms with Crippen LogP contribution >= 0.6 is 12.6 Å². The number of carbonyl (C=O) groups is 1. The van der Waals surface area contributed by atoms with Crippen LogP contribution in [0.15, 0.2) is 34.7 Å². The standard InChI is InChI=1S/C23H33FN2O3S/c1-15(13-17-9-11-26(12-10-17)22(27)29-23(3,4)5)21(28-6)25-16(2)18-7-8-20(30)19(24)14-18/h7-8,14-15,17,30H,2,9-13H2,1,3-6H3. The fourth-order valence-corrected chi connectivity index (χ4v) is 3.66. The van der Waals surface area contributed by atoms with Crippen molar-refractivity contribution in [1.29, 1.82) is 0 Å². The number of nitrogens with zero attached hydrogens (tertiary/aromatic N) is 2. The first kappa shape index (κ1) is 24.3. The van der Waals surface area contributed by atoms with Gasteiger partial charge in [0.05, 0.1) is 12.8 Å². The molecule has 1 aromatic rings. The van der Waals surface area contributed by atoms with Crippen LogP contribution in [0.3, 0.4) is 0 Å². The van der Waals surface area contributed by atoms with Gasteiger partial charge in [-0.05, 0) is 58.1 Å². The zero-order valence-corrected chi connectivity index (χ0v) is 19.5. The summed E-state index contributed by atoms with van der Waals surface area (Å²) in [4.78, 5) is 18.8. The van der Waals surface area contributed by atoms with Crippen LogP contribution in [0.1, 0.15) is 52.5 Å². The lowest BCUT2D eigenvalue weighted by Crippen LogP contribution is -2.42. The quantitative estimate of drug-likeness (QED) is 0.360. The van der Waals surface area contributed by atoms with E-state index in [1.54, 1.807) is 24.1 Å². The van der Waals surface area contributed by atoms with Crippen LogP contribution in [-0.4, -0.2) is 42.7 Å². The van der Waals surface area contributed by atoms with E-state index in [0.717, 1.165) is 19.3 Å². The van der Waals surface area contributed by atoms with E-state index in [0.29, 0.717) is 36.2 Å². The monoisotopic (exact) mass is 436 g/mol. The highest BCUT2D eigenvalue weighted by molar-refractivity contribution is 7.80. The Bertz CT molecular complexity index is 796. The maximum absolute atomic E-state index is 13.8. The molecule has 1 atom stereocenters. The van der Waals surface area contributed by atoms with E-state index >= 15 is 0 Å². The van der Waals surface area contributed by atoms with Crippen molar-refractivity contribution in [3.63, 3.8) is 0 Å². The van der Waals surface area contributed by atoms with Gasteiger partial charge in [0, 0.05) is 29.5 Å². The van der Waals surface area contributed by atoms with E-state index < -0.39 is 11.4 Å².